The summed E-state index contributed by atoms with van der Waals surface area (Å²) >= 11 is 6.18. The highest BCUT2D eigenvalue weighted by atomic mass is 35.5. The van der Waals surface area contributed by atoms with Gasteiger partial charge in [0, 0.05) is 36.1 Å². The van der Waals surface area contributed by atoms with E-state index in [0.29, 0.717) is 6.04 Å². The van der Waals surface area contributed by atoms with Gasteiger partial charge >= 0.3 is 0 Å². The topological polar surface area (TPSA) is 38.5 Å². The Bertz CT molecular complexity index is 450. The predicted molar refractivity (Wildman–Crippen MR) is 73.1 cm³/mol. The summed E-state index contributed by atoms with van der Waals surface area (Å²) in [5.41, 5.74) is 8.48. The van der Waals surface area contributed by atoms with Crippen LogP contribution in [0, 0.1) is 0 Å². The number of fused-ring (bicyclic) bond motifs is 1. The van der Waals surface area contributed by atoms with E-state index in [1.54, 1.807) is 0 Å². The van der Waals surface area contributed by atoms with E-state index in [4.69, 9.17) is 22.1 Å². The fourth-order valence-electron chi connectivity index (χ4n) is 2.94. The average Bonchev–Trinajstić information content (AvgIpc) is 2.77. The van der Waals surface area contributed by atoms with Crippen LogP contribution in [0.4, 0.5) is 0 Å². The van der Waals surface area contributed by atoms with E-state index in [0.717, 1.165) is 49.9 Å². The molecule has 1 fully saturated rings. The van der Waals surface area contributed by atoms with Crippen LogP contribution in [-0.4, -0.2) is 30.6 Å². The molecular formula is C14H19ClN2O. The summed E-state index contributed by atoms with van der Waals surface area (Å²) in [6.07, 6.45) is 3.30. The zero-order valence-electron chi connectivity index (χ0n) is 10.5. The Morgan fingerprint density at radius 3 is 3.17 bits per heavy atom. The lowest BCUT2D eigenvalue weighted by Gasteiger charge is -2.31. The summed E-state index contributed by atoms with van der Waals surface area (Å²) in [7, 11) is 0. The zero-order chi connectivity index (χ0) is 12.5. The van der Waals surface area contributed by atoms with Crippen molar-refractivity contribution in [3.8, 4) is 5.75 Å². The van der Waals surface area contributed by atoms with Crippen LogP contribution in [0.2, 0.25) is 5.02 Å². The number of rotatable bonds is 2. The van der Waals surface area contributed by atoms with Gasteiger partial charge in [-0.05, 0) is 37.1 Å². The molecule has 0 saturated carbocycles. The molecule has 1 atom stereocenters. The summed E-state index contributed by atoms with van der Waals surface area (Å²) in [4.78, 5) is 2.40. The minimum absolute atomic E-state index is 0.312. The fraction of sp³-hybridized carbons (Fsp3) is 0.571. The number of ether oxygens (including phenoxy) is 1. The van der Waals surface area contributed by atoms with E-state index in [1.807, 2.05) is 12.1 Å². The molecule has 3 rings (SSSR count). The maximum absolute atomic E-state index is 6.18. The van der Waals surface area contributed by atoms with Crippen LogP contribution in [0.1, 0.15) is 24.0 Å². The first-order valence-corrected chi connectivity index (χ1v) is 7.02. The summed E-state index contributed by atoms with van der Waals surface area (Å²) in [5.74, 6) is 1.05. The summed E-state index contributed by atoms with van der Waals surface area (Å²) in [6, 6.07) is 4.37. The summed E-state index contributed by atoms with van der Waals surface area (Å²) in [6.45, 7) is 3.77. The van der Waals surface area contributed by atoms with Crippen LogP contribution in [0.25, 0.3) is 0 Å². The first-order valence-electron chi connectivity index (χ1n) is 6.64. The highest BCUT2D eigenvalue weighted by molar-refractivity contribution is 6.30. The lowest BCUT2D eigenvalue weighted by atomic mass is 10.0. The molecule has 2 aliphatic rings. The van der Waals surface area contributed by atoms with Gasteiger partial charge in [-0.25, -0.2) is 0 Å². The first-order chi connectivity index (χ1) is 8.72. The van der Waals surface area contributed by atoms with Crippen LogP contribution in [0.5, 0.6) is 5.75 Å². The maximum atomic E-state index is 6.18. The zero-order valence-corrected chi connectivity index (χ0v) is 11.2. The Kier molecular flexibility index (Phi) is 3.46. The molecule has 0 aromatic heterocycles. The Balaban J connectivity index is 1.80. The number of likely N-dealkylation sites (tertiary alicyclic amines) is 1. The smallest absolute Gasteiger partial charge is 0.127 e. The van der Waals surface area contributed by atoms with Gasteiger partial charge in [0.25, 0.3) is 0 Å². The molecule has 0 radical (unpaired) electrons. The Morgan fingerprint density at radius 1 is 1.44 bits per heavy atom. The summed E-state index contributed by atoms with van der Waals surface area (Å²) in [5, 5.41) is 0.815. The van der Waals surface area contributed by atoms with Gasteiger partial charge in [0.05, 0.1) is 6.61 Å². The van der Waals surface area contributed by atoms with Gasteiger partial charge in [-0.1, -0.05) is 11.6 Å². The molecule has 4 heteroatoms. The number of hydrogen-bond acceptors (Lipinski definition) is 3. The van der Waals surface area contributed by atoms with Gasteiger partial charge in [0.2, 0.25) is 0 Å². The number of nitrogens with two attached hydrogens (primary N) is 1. The molecular weight excluding hydrogens is 248 g/mol. The van der Waals surface area contributed by atoms with Crippen LogP contribution in [0.15, 0.2) is 12.1 Å². The molecule has 18 heavy (non-hydrogen) atoms. The molecule has 0 bridgehead atoms. The molecule has 1 saturated heterocycles. The van der Waals surface area contributed by atoms with Gasteiger partial charge in [-0.2, -0.15) is 0 Å². The van der Waals surface area contributed by atoms with Crippen molar-refractivity contribution in [1.29, 1.82) is 0 Å². The molecule has 98 valence electrons. The minimum atomic E-state index is 0.312. The van der Waals surface area contributed by atoms with E-state index in [1.165, 1.54) is 17.5 Å². The standard InChI is InChI=1S/C14H19ClN2O/c15-12-6-10-3-5-18-14(10)11(7-12)8-17-4-1-2-13(16)9-17/h6-7,13H,1-5,8-9,16H2. The van der Waals surface area contributed by atoms with Crippen molar-refractivity contribution in [2.24, 2.45) is 5.73 Å². The van der Waals surface area contributed by atoms with E-state index >= 15 is 0 Å². The van der Waals surface area contributed by atoms with Crippen molar-refractivity contribution < 1.29 is 4.74 Å². The third-order valence-corrected chi connectivity index (χ3v) is 3.98. The van der Waals surface area contributed by atoms with E-state index in [2.05, 4.69) is 4.90 Å². The first kappa shape index (κ1) is 12.3. The molecule has 1 aromatic rings. The van der Waals surface area contributed by atoms with Gasteiger partial charge in [0.1, 0.15) is 5.75 Å². The van der Waals surface area contributed by atoms with Crippen LogP contribution < -0.4 is 10.5 Å². The molecule has 2 aliphatic heterocycles. The van der Waals surface area contributed by atoms with Gasteiger partial charge in [-0.3, -0.25) is 4.90 Å². The number of halogens is 1. The molecule has 0 spiro atoms. The lowest BCUT2D eigenvalue weighted by Crippen LogP contribution is -2.42. The molecule has 0 amide bonds. The highest BCUT2D eigenvalue weighted by Crippen LogP contribution is 2.33. The third-order valence-electron chi connectivity index (χ3n) is 3.76. The van der Waals surface area contributed by atoms with Gasteiger partial charge in [0.15, 0.2) is 0 Å². The SMILES string of the molecule is NC1CCCN(Cc2cc(Cl)cc3c2OCC3)C1. The highest BCUT2D eigenvalue weighted by Gasteiger charge is 2.22. The number of piperidine rings is 1. The van der Waals surface area contributed by atoms with Gasteiger partial charge in [-0.15, -0.1) is 0 Å². The summed E-state index contributed by atoms with van der Waals surface area (Å²) < 4.78 is 5.74. The Labute approximate surface area is 113 Å². The number of nitrogens with zero attached hydrogens (tertiary/aromatic N) is 1. The second kappa shape index (κ2) is 5.08. The molecule has 3 nitrogen and oxygen atoms in total. The second-order valence-corrected chi connectivity index (χ2v) is 5.73. The minimum Gasteiger partial charge on any atom is -0.493 e. The fourth-order valence-corrected chi connectivity index (χ4v) is 3.20. The molecule has 0 aliphatic carbocycles. The van der Waals surface area contributed by atoms with Crippen LogP contribution >= 0.6 is 11.6 Å². The van der Waals surface area contributed by atoms with Crippen molar-refractivity contribution in [2.45, 2.75) is 31.8 Å². The normalized spacial score (nSPS) is 23.8. The van der Waals surface area contributed by atoms with Crippen molar-refractivity contribution in [3.05, 3.63) is 28.3 Å². The van der Waals surface area contributed by atoms with Crippen molar-refractivity contribution >= 4 is 11.6 Å². The van der Waals surface area contributed by atoms with Crippen LogP contribution in [0.3, 0.4) is 0 Å². The third kappa shape index (κ3) is 2.48. The van der Waals surface area contributed by atoms with Gasteiger partial charge < -0.3 is 10.5 Å². The van der Waals surface area contributed by atoms with Crippen LogP contribution in [-0.2, 0) is 13.0 Å². The van der Waals surface area contributed by atoms with E-state index in [9.17, 15) is 0 Å². The maximum Gasteiger partial charge on any atom is 0.127 e. The largest absolute Gasteiger partial charge is 0.493 e. The van der Waals surface area contributed by atoms with E-state index < -0.39 is 0 Å². The average molecular weight is 267 g/mol. The number of hydrogen-bond donors (Lipinski definition) is 1. The lowest BCUT2D eigenvalue weighted by molar-refractivity contribution is 0.199. The monoisotopic (exact) mass is 266 g/mol. The Hall–Kier alpha value is -0.770. The molecule has 1 unspecified atom stereocenters. The van der Waals surface area contributed by atoms with Crippen molar-refractivity contribution in [1.82, 2.24) is 4.90 Å². The molecule has 2 heterocycles. The molecule has 1 aromatic carbocycles. The number of benzene rings is 1. The predicted octanol–water partition coefficient (Wildman–Crippen LogP) is 2.20. The quantitative estimate of drug-likeness (QED) is 0.892. The second-order valence-electron chi connectivity index (χ2n) is 5.29. The molecule has 2 N–H and O–H groups in total. The van der Waals surface area contributed by atoms with Crippen molar-refractivity contribution in [2.75, 3.05) is 19.7 Å². The van der Waals surface area contributed by atoms with Crippen molar-refractivity contribution in [3.63, 3.8) is 0 Å². The Morgan fingerprint density at radius 2 is 2.33 bits per heavy atom. The van der Waals surface area contributed by atoms with E-state index in [-0.39, 0.29) is 0 Å².